The van der Waals surface area contributed by atoms with Gasteiger partial charge in [-0.15, -0.1) is 0 Å². The Morgan fingerprint density at radius 3 is 2.23 bits per heavy atom. The van der Waals surface area contributed by atoms with E-state index in [1.165, 1.54) is 48.5 Å². The topological polar surface area (TPSA) is 66.5 Å². The predicted octanol–water partition coefficient (Wildman–Crippen LogP) is 3.19. The normalized spacial score (nSPS) is 11.8. The quantitative estimate of drug-likeness (QED) is 0.778. The van der Waals surface area contributed by atoms with Gasteiger partial charge in [-0.25, -0.2) is 12.8 Å². The summed E-state index contributed by atoms with van der Waals surface area (Å²) in [5, 5.41) is 3.08. The zero-order chi connectivity index (χ0) is 19.3. The zero-order valence-electron chi connectivity index (χ0n) is 14.4. The molecule has 1 N–H and O–H groups in total. The Bertz CT molecular complexity index is 853. The summed E-state index contributed by atoms with van der Waals surface area (Å²) in [6.45, 7) is 3.17. The van der Waals surface area contributed by atoms with Crippen molar-refractivity contribution in [1.82, 2.24) is 9.62 Å². The highest BCUT2D eigenvalue weighted by Crippen LogP contribution is 2.20. The summed E-state index contributed by atoms with van der Waals surface area (Å²) >= 11 is 5.82. The molecule has 0 aliphatic heterocycles. The predicted molar refractivity (Wildman–Crippen MR) is 98.7 cm³/mol. The summed E-state index contributed by atoms with van der Waals surface area (Å²) in [5.74, 6) is -0.835. The Hall–Kier alpha value is -1.96. The van der Waals surface area contributed by atoms with Crippen LogP contribution in [0.4, 0.5) is 4.39 Å². The van der Waals surface area contributed by atoms with Crippen LogP contribution in [0.5, 0.6) is 0 Å². The lowest BCUT2D eigenvalue weighted by atomic mass is 10.2. The first-order valence-corrected chi connectivity index (χ1v) is 9.80. The highest BCUT2D eigenvalue weighted by atomic mass is 35.5. The fourth-order valence-corrected chi connectivity index (χ4v) is 3.81. The third kappa shape index (κ3) is 5.52. The van der Waals surface area contributed by atoms with Crippen LogP contribution in [-0.2, 0) is 21.4 Å². The minimum Gasteiger partial charge on any atom is -0.353 e. The molecule has 2 aromatic rings. The van der Waals surface area contributed by atoms with Crippen molar-refractivity contribution >= 4 is 27.5 Å². The van der Waals surface area contributed by atoms with Crippen molar-refractivity contribution in [2.75, 3.05) is 6.54 Å². The second-order valence-corrected chi connectivity index (χ2v) is 8.45. The van der Waals surface area contributed by atoms with Crippen LogP contribution in [0.2, 0.25) is 5.02 Å². The van der Waals surface area contributed by atoms with Gasteiger partial charge in [0.05, 0.1) is 11.4 Å². The van der Waals surface area contributed by atoms with E-state index in [0.717, 1.165) is 4.31 Å². The van der Waals surface area contributed by atoms with Crippen LogP contribution in [0.1, 0.15) is 19.4 Å². The molecule has 0 saturated carbocycles. The summed E-state index contributed by atoms with van der Waals surface area (Å²) in [4.78, 5) is 12.2. The third-order valence-electron chi connectivity index (χ3n) is 3.49. The van der Waals surface area contributed by atoms with E-state index in [0.29, 0.717) is 10.6 Å². The summed E-state index contributed by atoms with van der Waals surface area (Å²) < 4.78 is 40.1. The molecule has 0 radical (unpaired) electrons. The largest absolute Gasteiger partial charge is 0.353 e. The first-order valence-electron chi connectivity index (χ1n) is 7.98. The lowest BCUT2D eigenvalue weighted by Crippen LogP contribution is -2.42. The van der Waals surface area contributed by atoms with Gasteiger partial charge in [-0.1, -0.05) is 23.7 Å². The van der Waals surface area contributed by atoms with Crippen molar-refractivity contribution in [3.05, 3.63) is 64.9 Å². The molecule has 0 bridgehead atoms. The molecule has 0 heterocycles. The first-order chi connectivity index (χ1) is 12.2. The molecule has 8 heteroatoms. The average Bonchev–Trinajstić information content (AvgIpc) is 2.56. The van der Waals surface area contributed by atoms with Crippen LogP contribution in [0.15, 0.2) is 53.4 Å². The van der Waals surface area contributed by atoms with E-state index in [2.05, 4.69) is 5.32 Å². The van der Waals surface area contributed by atoms with E-state index in [9.17, 15) is 17.6 Å². The molecular formula is C18H20ClFN2O3S. The number of halogens is 2. The Morgan fingerprint density at radius 2 is 1.69 bits per heavy atom. The molecule has 0 unspecified atom stereocenters. The van der Waals surface area contributed by atoms with Crippen molar-refractivity contribution in [2.45, 2.75) is 31.3 Å². The second kappa shape index (κ2) is 8.62. The highest BCUT2D eigenvalue weighted by molar-refractivity contribution is 7.89. The molecule has 2 rings (SSSR count). The van der Waals surface area contributed by atoms with Crippen LogP contribution in [0.3, 0.4) is 0 Å². The van der Waals surface area contributed by atoms with E-state index in [-0.39, 0.29) is 24.0 Å². The number of nitrogens with zero attached hydrogens (tertiary/aromatic N) is 1. The van der Waals surface area contributed by atoms with Crippen LogP contribution < -0.4 is 5.32 Å². The zero-order valence-corrected chi connectivity index (χ0v) is 16.0. The molecule has 5 nitrogen and oxygen atoms in total. The molecular weight excluding hydrogens is 379 g/mol. The van der Waals surface area contributed by atoms with E-state index >= 15 is 0 Å². The fraction of sp³-hybridized carbons (Fsp3) is 0.278. The van der Waals surface area contributed by atoms with Crippen LogP contribution in [-0.4, -0.2) is 31.2 Å². The number of carbonyl (C=O) groups excluding carboxylic acids is 1. The lowest BCUT2D eigenvalue weighted by Gasteiger charge is -2.22. The maximum atomic E-state index is 13.1. The van der Waals surface area contributed by atoms with Gasteiger partial charge in [0, 0.05) is 17.6 Å². The van der Waals surface area contributed by atoms with E-state index in [4.69, 9.17) is 11.6 Å². The molecule has 0 spiro atoms. The van der Waals surface area contributed by atoms with E-state index in [1.54, 1.807) is 13.8 Å². The van der Waals surface area contributed by atoms with E-state index in [1.807, 2.05) is 0 Å². The van der Waals surface area contributed by atoms with Crippen molar-refractivity contribution < 1.29 is 17.6 Å². The maximum Gasteiger partial charge on any atom is 0.243 e. The Kier molecular flexibility index (Phi) is 6.75. The second-order valence-electron chi connectivity index (χ2n) is 6.08. The smallest absolute Gasteiger partial charge is 0.243 e. The number of carbonyl (C=O) groups is 1. The van der Waals surface area contributed by atoms with Crippen LogP contribution >= 0.6 is 11.6 Å². The highest BCUT2D eigenvalue weighted by Gasteiger charge is 2.27. The lowest BCUT2D eigenvalue weighted by molar-refractivity contribution is -0.121. The Labute approximate surface area is 157 Å². The number of benzene rings is 2. The van der Waals surface area contributed by atoms with Crippen LogP contribution in [0.25, 0.3) is 0 Å². The number of nitrogens with one attached hydrogen (secondary N) is 1. The van der Waals surface area contributed by atoms with Gasteiger partial charge in [0.25, 0.3) is 0 Å². The van der Waals surface area contributed by atoms with Crippen molar-refractivity contribution in [3.63, 3.8) is 0 Å². The Balaban J connectivity index is 2.33. The molecule has 0 atom stereocenters. The molecule has 26 heavy (non-hydrogen) atoms. The average molecular weight is 399 g/mol. The summed E-state index contributed by atoms with van der Waals surface area (Å²) in [6, 6.07) is 11.1. The van der Waals surface area contributed by atoms with Gasteiger partial charge in [0.1, 0.15) is 5.82 Å². The third-order valence-corrected chi connectivity index (χ3v) is 5.55. The molecule has 0 aliphatic rings. The van der Waals surface area contributed by atoms with Gasteiger partial charge in [-0.2, -0.15) is 4.31 Å². The molecule has 1 amide bonds. The van der Waals surface area contributed by atoms with E-state index < -0.39 is 21.7 Å². The summed E-state index contributed by atoms with van der Waals surface area (Å²) in [5.41, 5.74) is 0.571. The van der Waals surface area contributed by atoms with Crippen LogP contribution in [0, 0.1) is 5.82 Å². The number of hydrogen-bond donors (Lipinski definition) is 1. The summed E-state index contributed by atoms with van der Waals surface area (Å²) in [7, 11) is -3.94. The van der Waals surface area contributed by atoms with Gasteiger partial charge in [-0.3, -0.25) is 4.79 Å². The first kappa shape index (κ1) is 20.4. The van der Waals surface area contributed by atoms with Gasteiger partial charge in [0.2, 0.25) is 15.9 Å². The van der Waals surface area contributed by atoms with Crippen molar-refractivity contribution in [3.8, 4) is 0 Å². The monoisotopic (exact) mass is 398 g/mol. The SMILES string of the molecule is CC(C)NC(=O)CN(Cc1ccc(F)cc1)S(=O)(=O)c1ccc(Cl)cc1. The van der Waals surface area contributed by atoms with Gasteiger partial charge in [0.15, 0.2) is 0 Å². The van der Waals surface area contributed by atoms with Gasteiger partial charge >= 0.3 is 0 Å². The molecule has 0 aromatic heterocycles. The van der Waals surface area contributed by atoms with Crippen molar-refractivity contribution in [2.24, 2.45) is 0 Å². The molecule has 0 fully saturated rings. The van der Waals surface area contributed by atoms with Crippen molar-refractivity contribution in [1.29, 1.82) is 0 Å². The number of sulfonamides is 1. The van der Waals surface area contributed by atoms with Gasteiger partial charge < -0.3 is 5.32 Å². The number of amides is 1. The fourth-order valence-electron chi connectivity index (χ4n) is 2.30. The number of rotatable bonds is 7. The molecule has 140 valence electrons. The standard InChI is InChI=1S/C18H20ClFN2O3S/c1-13(2)21-18(23)12-22(11-14-3-7-16(20)8-4-14)26(24,25)17-9-5-15(19)6-10-17/h3-10,13H,11-12H2,1-2H3,(H,21,23). The Morgan fingerprint density at radius 1 is 1.12 bits per heavy atom. The minimum atomic E-state index is -3.94. The molecule has 2 aromatic carbocycles. The molecule has 0 saturated heterocycles. The minimum absolute atomic E-state index is 0.0290. The summed E-state index contributed by atoms with van der Waals surface area (Å²) in [6.07, 6.45) is 0. The number of hydrogen-bond acceptors (Lipinski definition) is 3. The maximum absolute atomic E-state index is 13.1. The molecule has 0 aliphatic carbocycles. The van der Waals surface area contributed by atoms with Gasteiger partial charge in [-0.05, 0) is 55.8 Å².